The maximum absolute atomic E-state index is 11.1. The summed E-state index contributed by atoms with van der Waals surface area (Å²) in [6, 6.07) is -0.518. The lowest BCUT2D eigenvalue weighted by Crippen LogP contribution is -2.56. The van der Waals surface area contributed by atoms with E-state index >= 15 is 0 Å². The van der Waals surface area contributed by atoms with Gasteiger partial charge in [-0.25, -0.2) is 0 Å². The normalized spacial score (nSPS) is 21.6. The summed E-state index contributed by atoms with van der Waals surface area (Å²) >= 11 is 0. The Balaban J connectivity index is 2.61. The van der Waals surface area contributed by atoms with E-state index in [1.807, 2.05) is 6.92 Å². The summed E-state index contributed by atoms with van der Waals surface area (Å²) < 4.78 is 0. The van der Waals surface area contributed by atoms with Crippen molar-refractivity contribution < 1.29 is 15.0 Å². The van der Waals surface area contributed by atoms with Crippen LogP contribution in [-0.2, 0) is 4.79 Å². The fourth-order valence-corrected chi connectivity index (χ4v) is 2.49. The van der Waals surface area contributed by atoms with Crippen LogP contribution in [0.4, 0.5) is 0 Å². The quantitative estimate of drug-likeness (QED) is 0.646. The Morgan fingerprint density at radius 1 is 1.38 bits per heavy atom. The Bertz CT molecular complexity index is 224. The topological polar surface area (TPSA) is 69.6 Å². The van der Waals surface area contributed by atoms with Crippen molar-refractivity contribution in [1.29, 1.82) is 0 Å². The highest BCUT2D eigenvalue weighted by Crippen LogP contribution is 2.28. The second-order valence-corrected chi connectivity index (χ2v) is 4.82. The zero-order valence-corrected chi connectivity index (χ0v) is 10.0. The van der Waals surface area contributed by atoms with Gasteiger partial charge in [-0.05, 0) is 19.3 Å². The Morgan fingerprint density at radius 3 is 2.44 bits per heavy atom. The zero-order valence-electron chi connectivity index (χ0n) is 10.0. The lowest BCUT2D eigenvalue weighted by Gasteiger charge is -2.38. The minimum absolute atomic E-state index is 0.0422. The van der Waals surface area contributed by atoms with Gasteiger partial charge >= 0.3 is 5.97 Å². The fourth-order valence-electron chi connectivity index (χ4n) is 2.49. The van der Waals surface area contributed by atoms with Gasteiger partial charge in [0.15, 0.2) is 0 Å². The number of aliphatic hydroxyl groups excluding tert-OH is 1. The molecule has 1 fully saturated rings. The Labute approximate surface area is 97.0 Å². The molecule has 4 nitrogen and oxygen atoms in total. The van der Waals surface area contributed by atoms with Crippen molar-refractivity contribution in [2.24, 2.45) is 0 Å². The lowest BCUT2D eigenvalue weighted by molar-refractivity contribution is -0.140. The molecule has 1 aliphatic carbocycles. The SMILES string of the molecule is CCCC(NC1(CO)CCCCC1)C(=O)O. The Kier molecular flexibility index (Phi) is 5.22. The van der Waals surface area contributed by atoms with E-state index in [1.54, 1.807) is 0 Å². The largest absolute Gasteiger partial charge is 0.480 e. The van der Waals surface area contributed by atoms with Crippen LogP contribution in [0.5, 0.6) is 0 Å². The summed E-state index contributed by atoms with van der Waals surface area (Å²) in [6.07, 6.45) is 6.57. The predicted octanol–water partition coefficient (Wildman–Crippen LogP) is 1.52. The summed E-state index contributed by atoms with van der Waals surface area (Å²) in [5.41, 5.74) is -0.351. The molecule has 0 radical (unpaired) electrons. The van der Waals surface area contributed by atoms with Gasteiger partial charge in [0, 0.05) is 5.54 Å². The van der Waals surface area contributed by atoms with Crippen molar-refractivity contribution in [2.45, 2.75) is 63.5 Å². The maximum atomic E-state index is 11.1. The van der Waals surface area contributed by atoms with Gasteiger partial charge in [0.2, 0.25) is 0 Å². The average Bonchev–Trinajstić information content (AvgIpc) is 2.29. The number of rotatable bonds is 6. The van der Waals surface area contributed by atoms with Gasteiger partial charge in [-0.3, -0.25) is 10.1 Å². The van der Waals surface area contributed by atoms with Crippen LogP contribution < -0.4 is 5.32 Å². The van der Waals surface area contributed by atoms with Crippen LogP contribution in [0, 0.1) is 0 Å². The smallest absolute Gasteiger partial charge is 0.320 e. The van der Waals surface area contributed by atoms with Crippen LogP contribution in [-0.4, -0.2) is 34.4 Å². The van der Waals surface area contributed by atoms with E-state index in [0.29, 0.717) is 6.42 Å². The third-order valence-corrected chi connectivity index (χ3v) is 3.47. The van der Waals surface area contributed by atoms with Crippen molar-refractivity contribution in [3.8, 4) is 0 Å². The molecule has 16 heavy (non-hydrogen) atoms. The molecule has 1 atom stereocenters. The molecule has 0 aromatic carbocycles. The van der Waals surface area contributed by atoms with E-state index in [2.05, 4.69) is 5.32 Å². The number of aliphatic carboxylic acids is 1. The molecule has 0 aromatic heterocycles. The summed E-state index contributed by atoms with van der Waals surface area (Å²) in [7, 11) is 0. The first-order valence-corrected chi connectivity index (χ1v) is 6.25. The highest BCUT2D eigenvalue weighted by molar-refractivity contribution is 5.73. The molecule has 0 spiro atoms. The van der Waals surface area contributed by atoms with Gasteiger partial charge in [-0.1, -0.05) is 32.6 Å². The Hall–Kier alpha value is -0.610. The molecule has 0 amide bonds. The number of carbonyl (C=O) groups is 1. The van der Waals surface area contributed by atoms with Gasteiger partial charge < -0.3 is 10.2 Å². The van der Waals surface area contributed by atoms with E-state index in [9.17, 15) is 9.90 Å². The standard InChI is InChI=1S/C12H23NO3/c1-2-6-10(11(15)16)13-12(9-14)7-4-3-5-8-12/h10,13-14H,2-9H2,1H3,(H,15,16). The highest BCUT2D eigenvalue weighted by atomic mass is 16.4. The number of hydrogen-bond acceptors (Lipinski definition) is 3. The third kappa shape index (κ3) is 3.46. The molecule has 0 aliphatic heterocycles. The summed E-state index contributed by atoms with van der Waals surface area (Å²) in [5.74, 6) is -0.805. The first kappa shape index (κ1) is 13.5. The van der Waals surface area contributed by atoms with Crippen LogP contribution in [0.2, 0.25) is 0 Å². The van der Waals surface area contributed by atoms with Gasteiger partial charge in [-0.2, -0.15) is 0 Å². The average molecular weight is 229 g/mol. The first-order valence-electron chi connectivity index (χ1n) is 6.25. The third-order valence-electron chi connectivity index (χ3n) is 3.47. The van der Waals surface area contributed by atoms with E-state index < -0.39 is 12.0 Å². The molecule has 0 saturated heterocycles. The number of carboxylic acids is 1. The Morgan fingerprint density at radius 2 is 2.00 bits per heavy atom. The predicted molar refractivity (Wildman–Crippen MR) is 62.4 cm³/mol. The van der Waals surface area contributed by atoms with Crippen molar-refractivity contribution >= 4 is 5.97 Å². The van der Waals surface area contributed by atoms with Gasteiger partial charge in [0.25, 0.3) is 0 Å². The molecule has 1 saturated carbocycles. The van der Waals surface area contributed by atoms with Crippen LogP contribution in [0.25, 0.3) is 0 Å². The van der Waals surface area contributed by atoms with Gasteiger partial charge in [0.1, 0.15) is 6.04 Å². The van der Waals surface area contributed by atoms with Crippen LogP contribution >= 0.6 is 0 Å². The monoisotopic (exact) mass is 229 g/mol. The number of hydrogen-bond donors (Lipinski definition) is 3. The van der Waals surface area contributed by atoms with Crippen LogP contribution in [0.15, 0.2) is 0 Å². The van der Waals surface area contributed by atoms with Gasteiger partial charge in [0.05, 0.1) is 6.61 Å². The molecule has 4 heteroatoms. The first-order chi connectivity index (χ1) is 7.63. The molecule has 1 aliphatic rings. The van der Waals surface area contributed by atoms with E-state index in [4.69, 9.17) is 5.11 Å². The zero-order chi connectivity index (χ0) is 12.0. The minimum Gasteiger partial charge on any atom is -0.480 e. The summed E-state index contributed by atoms with van der Waals surface area (Å²) in [6.45, 7) is 2.02. The molecule has 3 N–H and O–H groups in total. The molecule has 1 unspecified atom stereocenters. The van der Waals surface area contributed by atoms with Crippen molar-refractivity contribution in [2.75, 3.05) is 6.61 Å². The van der Waals surface area contributed by atoms with Crippen molar-refractivity contribution in [3.05, 3.63) is 0 Å². The van der Waals surface area contributed by atoms with Crippen LogP contribution in [0.3, 0.4) is 0 Å². The maximum Gasteiger partial charge on any atom is 0.320 e. The second kappa shape index (κ2) is 6.21. The lowest BCUT2D eigenvalue weighted by atomic mass is 9.81. The molecular weight excluding hydrogens is 206 g/mol. The van der Waals surface area contributed by atoms with Gasteiger partial charge in [-0.15, -0.1) is 0 Å². The molecule has 0 heterocycles. The number of carboxylic acid groups (broad SMARTS) is 1. The van der Waals surface area contributed by atoms with Crippen LogP contribution in [0.1, 0.15) is 51.9 Å². The molecule has 0 aromatic rings. The highest BCUT2D eigenvalue weighted by Gasteiger charge is 2.34. The molecule has 94 valence electrons. The molecule has 0 bridgehead atoms. The summed E-state index contributed by atoms with van der Waals surface area (Å²) in [4.78, 5) is 11.1. The fraction of sp³-hybridized carbons (Fsp3) is 0.917. The van der Waals surface area contributed by atoms with E-state index in [1.165, 1.54) is 6.42 Å². The van der Waals surface area contributed by atoms with E-state index in [0.717, 1.165) is 32.1 Å². The number of nitrogens with one attached hydrogen (secondary N) is 1. The second-order valence-electron chi connectivity index (χ2n) is 4.82. The van der Waals surface area contributed by atoms with E-state index in [-0.39, 0.29) is 12.1 Å². The van der Waals surface area contributed by atoms with Crippen molar-refractivity contribution in [1.82, 2.24) is 5.32 Å². The van der Waals surface area contributed by atoms with Crippen molar-refractivity contribution in [3.63, 3.8) is 0 Å². The minimum atomic E-state index is -0.805. The number of aliphatic hydroxyl groups is 1. The summed E-state index contributed by atoms with van der Waals surface area (Å²) in [5, 5.41) is 21.8. The molecular formula is C12H23NO3. The molecule has 1 rings (SSSR count).